The molecule has 1 N–H and O–H groups in total. The molecule has 3 heteroatoms. The summed E-state index contributed by atoms with van der Waals surface area (Å²) in [7, 11) is 0. The van der Waals surface area contributed by atoms with Crippen LogP contribution in [-0.2, 0) is 0 Å². The molecule has 0 spiro atoms. The van der Waals surface area contributed by atoms with Crippen LogP contribution in [-0.4, -0.2) is 18.8 Å². The maximum atomic E-state index is 6.01. The molecular weight excluding hydrogens is 238 g/mol. The van der Waals surface area contributed by atoms with E-state index >= 15 is 0 Å². The quantitative estimate of drug-likeness (QED) is 0.826. The highest BCUT2D eigenvalue weighted by Crippen LogP contribution is 2.27. The zero-order chi connectivity index (χ0) is 11.4. The van der Waals surface area contributed by atoms with Gasteiger partial charge in [0, 0.05) is 15.7 Å². The molecule has 1 heterocycles. The van der Waals surface area contributed by atoms with Crippen molar-refractivity contribution in [3.8, 4) is 0 Å². The first-order chi connectivity index (χ1) is 7.75. The largest absolute Gasteiger partial charge is 0.316 e. The van der Waals surface area contributed by atoms with E-state index in [2.05, 4.69) is 24.4 Å². The summed E-state index contributed by atoms with van der Waals surface area (Å²) in [5.41, 5.74) is 1.17. The third-order valence-electron chi connectivity index (χ3n) is 3.01. The fourth-order valence-electron chi connectivity index (χ4n) is 1.99. The van der Waals surface area contributed by atoms with Gasteiger partial charge in [-0.15, -0.1) is 11.8 Å². The zero-order valence-electron chi connectivity index (χ0n) is 9.63. The Morgan fingerprint density at radius 1 is 1.50 bits per heavy atom. The fourth-order valence-corrected chi connectivity index (χ4v) is 3.24. The number of piperidine rings is 1. The van der Waals surface area contributed by atoms with Gasteiger partial charge >= 0.3 is 0 Å². The predicted molar refractivity (Wildman–Crippen MR) is 72.5 cm³/mol. The van der Waals surface area contributed by atoms with Crippen molar-refractivity contribution in [3.63, 3.8) is 0 Å². The number of hydrogen-bond donors (Lipinski definition) is 1. The molecule has 1 aliphatic heterocycles. The van der Waals surface area contributed by atoms with Crippen LogP contribution in [0.1, 0.15) is 18.4 Å². The number of aryl methyl sites for hydroxylation is 1. The summed E-state index contributed by atoms with van der Waals surface area (Å²) in [5, 5.41) is 4.32. The number of thioether (sulfide) groups is 1. The Labute approximate surface area is 107 Å². The number of halogens is 1. The molecule has 16 heavy (non-hydrogen) atoms. The van der Waals surface area contributed by atoms with Crippen LogP contribution in [0.15, 0.2) is 23.1 Å². The molecule has 1 atom stereocenters. The molecule has 2 rings (SSSR count). The third kappa shape index (κ3) is 3.41. The maximum Gasteiger partial charge on any atom is 0.0435 e. The molecule has 1 aliphatic rings. The van der Waals surface area contributed by atoms with Crippen LogP contribution in [0.5, 0.6) is 0 Å². The summed E-state index contributed by atoms with van der Waals surface area (Å²) in [5.74, 6) is 2.04. The summed E-state index contributed by atoms with van der Waals surface area (Å²) in [4.78, 5) is 1.34. The summed E-state index contributed by atoms with van der Waals surface area (Å²) in [6.45, 7) is 4.44. The Balaban J connectivity index is 1.86. The topological polar surface area (TPSA) is 12.0 Å². The van der Waals surface area contributed by atoms with E-state index in [0.717, 1.165) is 10.9 Å². The van der Waals surface area contributed by atoms with Crippen LogP contribution in [0, 0.1) is 12.8 Å². The molecule has 0 aliphatic carbocycles. The highest BCUT2D eigenvalue weighted by molar-refractivity contribution is 7.99. The first kappa shape index (κ1) is 12.3. The average molecular weight is 256 g/mol. The summed E-state index contributed by atoms with van der Waals surface area (Å²) in [6, 6.07) is 6.30. The van der Waals surface area contributed by atoms with Gasteiger partial charge in [0.2, 0.25) is 0 Å². The van der Waals surface area contributed by atoms with Crippen LogP contribution in [0.2, 0.25) is 5.02 Å². The first-order valence-electron chi connectivity index (χ1n) is 5.85. The Morgan fingerprint density at radius 2 is 2.38 bits per heavy atom. The van der Waals surface area contributed by atoms with Crippen molar-refractivity contribution < 1.29 is 0 Å². The molecule has 0 amide bonds. The average Bonchev–Trinajstić information content (AvgIpc) is 2.32. The second kappa shape index (κ2) is 5.95. The number of hydrogen-bond acceptors (Lipinski definition) is 2. The van der Waals surface area contributed by atoms with Gasteiger partial charge in [0.1, 0.15) is 0 Å². The third-order valence-corrected chi connectivity index (χ3v) is 4.66. The van der Waals surface area contributed by atoms with Gasteiger partial charge < -0.3 is 5.32 Å². The van der Waals surface area contributed by atoms with Crippen molar-refractivity contribution in [3.05, 3.63) is 28.8 Å². The normalized spacial score (nSPS) is 21.0. The van der Waals surface area contributed by atoms with Gasteiger partial charge in [0.15, 0.2) is 0 Å². The summed E-state index contributed by atoms with van der Waals surface area (Å²) < 4.78 is 0. The van der Waals surface area contributed by atoms with E-state index in [0.29, 0.717) is 0 Å². The minimum absolute atomic E-state index is 0.828. The van der Waals surface area contributed by atoms with E-state index in [1.165, 1.54) is 42.1 Å². The second-order valence-corrected chi connectivity index (χ2v) is 5.93. The van der Waals surface area contributed by atoms with E-state index in [4.69, 9.17) is 11.6 Å². The Morgan fingerprint density at radius 3 is 3.06 bits per heavy atom. The van der Waals surface area contributed by atoms with E-state index in [1.807, 2.05) is 17.8 Å². The van der Waals surface area contributed by atoms with Crippen LogP contribution in [0.4, 0.5) is 0 Å². The van der Waals surface area contributed by atoms with Gasteiger partial charge in [-0.1, -0.05) is 11.6 Å². The number of nitrogens with one attached hydrogen (secondary N) is 1. The molecule has 1 nitrogen and oxygen atoms in total. The highest BCUT2D eigenvalue weighted by Gasteiger charge is 2.13. The van der Waals surface area contributed by atoms with Crippen LogP contribution in [0.3, 0.4) is 0 Å². The van der Waals surface area contributed by atoms with Gasteiger partial charge in [0.25, 0.3) is 0 Å². The number of benzene rings is 1. The minimum Gasteiger partial charge on any atom is -0.316 e. The van der Waals surface area contributed by atoms with Gasteiger partial charge in [0.05, 0.1) is 0 Å². The van der Waals surface area contributed by atoms with Crippen LogP contribution < -0.4 is 5.32 Å². The Bertz CT molecular complexity index is 348. The van der Waals surface area contributed by atoms with E-state index in [9.17, 15) is 0 Å². The lowest BCUT2D eigenvalue weighted by molar-refractivity contribution is 0.410. The lowest BCUT2D eigenvalue weighted by Gasteiger charge is -2.22. The molecular formula is C13H18ClNS. The van der Waals surface area contributed by atoms with Crippen molar-refractivity contribution in [2.24, 2.45) is 5.92 Å². The molecule has 0 saturated carbocycles. The Hall–Kier alpha value is -0.180. The van der Waals surface area contributed by atoms with E-state index in [1.54, 1.807) is 0 Å². The van der Waals surface area contributed by atoms with E-state index in [-0.39, 0.29) is 0 Å². The van der Waals surface area contributed by atoms with E-state index < -0.39 is 0 Å². The van der Waals surface area contributed by atoms with Gasteiger partial charge in [-0.2, -0.15) is 0 Å². The molecule has 1 aromatic rings. The smallest absolute Gasteiger partial charge is 0.0435 e. The standard InChI is InChI=1S/C13H18ClNS/c1-10-7-12(4-5-13(10)14)16-9-11-3-2-6-15-8-11/h4-5,7,11,15H,2-3,6,8-9H2,1H3. The van der Waals surface area contributed by atoms with Gasteiger partial charge in [-0.25, -0.2) is 0 Å². The predicted octanol–water partition coefficient (Wildman–Crippen LogP) is 3.74. The lowest BCUT2D eigenvalue weighted by Crippen LogP contribution is -2.30. The van der Waals surface area contributed by atoms with Crippen LogP contribution in [0.25, 0.3) is 0 Å². The Kier molecular flexibility index (Phi) is 4.56. The molecule has 1 unspecified atom stereocenters. The van der Waals surface area contributed by atoms with Crippen molar-refractivity contribution in [2.45, 2.75) is 24.7 Å². The second-order valence-electron chi connectivity index (χ2n) is 4.43. The summed E-state index contributed by atoms with van der Waals surface area (Å²) >= 11 is 7.96. The van der Waals surface area contributed by atoms with Gasteiger partial charge in [-0.05, 0) is 62.5 Å². The van der Waals surface area contributed by atoms with Crippen molar-refractivity contribution >= 4 is 23.4 Å². The van der Waals surface area contributed by atoms with Crippen LogP contribution >= 0.6 is 23.4 Å². The minimum atomic E-state index is 0.828. The molecule has 0 radical (unpaired) electrons. The molecule has 0 aromatic heterocycles. The molecule has 1 aromatic carbocycles. The maximum absolute atomic E-state index is 6.01. The molecule has 1 fully saturated rings. The SMILES string of the molecule is Cc1cc(SCC2CCCNC2)ccc1Cl. The first-order valence-corrected chi connectivity index (χ1v) is 7.22. The van der Waals surface area contributed by atoms with Crippen molar-refractivity contribution in [2.75, 3.05) is 18.8 Å². The highest BCUT2D eigenvalue weighted by atomic mass is 35.5. The summed E-state index contributed by atoms with van der Waals surface area (Å²) in [6.07, 6.45) is 2.69. The lowest BCUT2D eigenvalue weighted by atomic mass is 10.0. The van der Waals surface area contributed by atoms with Gasteiger partial charge in [-0.3, -0.25) is 0 Å². The van der Waals surface area contributed by atoms with Crippen molar-refractivity contribution in [1.82, 2.24) is 5.32 Å². The molecule has 88 valence electrons. The number of rotatable bonds is 3. The van der Waals surface area contributed by atoms with Crippen molar-refractivity contribution in [1.29, 1.82) is 0 Å². The fraction of sp³-hybridized carbons (Fsp3) is 0.538. The molecule has 1 saturated heterocycles. The monoisotopic (exact) mass is 255 g/mol. The molecule has 0 bridgehead atoms. The zero-order valence-corrected chi connectivity index (χ0v) is 11.2.